The molecule has 0 bridgehead atoms. The summed E-state index contributed by atoms with van der Waals surface area (Å²) in [6.45, 7) is 29.8. The summed E-state index contributed by atoms with van der Waals surface area (Å²) in [5.74, 6) is -2.12. The largest absolute Gasteiger partial charge is 0.437 e. The Morgan fingerprint density at radius 1 is 0.358 bits per heavy atom. The highest BCUT2D eigenvalue weighted by molar-refractivity contribution is 6.12. The van der Waals surface area contributed by atoms with Gasteiger partial charge in [0.1, 0.15) is 28.2 Å². The van der Waals surface area contributed by atoms with Gasteiger partial charge in [-0.25, -0.2) is 38.2 Å². The molecule has 4 aliphatic carbocycles. The van der Waals surface area contributed by atoms with Crippen LogP contribution in [0.15, 0.2) is 188 Å². The molecule has 0 saturated heterocycles. The summed E-state index contributed by atoms with van der Waals surface area (Å²) in [6.07, 6.45) is 26.8. The van der Waals surface area contributed by atoms with Crippen molar-refractivity contribution in [1.29, 1.82) is 0 Å². The Hall–Kier alpha value is -10.7. The fourth-order valence-electron chi connectivity index (χ4n) is 19.0. The molecule has 0 aliphatic heterocycles. The first kappa shape index (κ1) is 75.5. The molecule has 20 rings (SSSR count). The van der Waals surface area contributed by atoms with Crippen LogP contribution in [0.5, 0.6) is 0 Å². The second-order valence-corrected chi connectivity index (χ2v) is 37.8. The number of fused-ring (bicyclic) bond motifs is 12. The van der Waals surface area contributed by atoms with Crippen molar-refractivity contribution < 1.29 is 42.8 Å². The molecule has 0 spiro atoms. The molecule has 12 heteroatoms. The molecule has 12 heterocycles. The van der Waals surface area contributed by atoms with Crippen LogP contribution in [0.25, 0.3) is 133 Å². The Labute approximate surface area is 716 Å². The second kappa shape index (κ2) is 33.4. The number of aryl methyl sites for hydroxylation is 8. The maximum absolute atomic E-state index is 9.01. The molecule has 16 aromatic rings. The van der Waals surface area contributed by atoms with Gasteiger partial charge >= 0.3 is 0 Å². The van der Waals surface area contributed by atoms with Gasteiger partial charge in [0.25, 0.3) is 0 Å². The molecule has 120 heavy (non-hydrogen) atoms. The summed E-state index contributed by atoms with van der Waals surface area (Å²) >= 11 is 0. The summed E-state index contributed by atoms with van der Waals surface area (Å²) in [5, 5.41) is 8.47. The van der Waals surface area contributed by atoms with Crippen LogP contribution in [-0.2, 0) is 46.4 Å². The van der Waals surface area contributed by atoms with Crippen LogP contribution < -0.4 is 18.3 Å². The normalized spacial score (nSPS) is 17.0. The highest BCUT2D eigenvalue weighted by Crippen LogP contribution is 2.46. The molecule has 0 atom stereocenters. The van der Waals surface area contributed by atoms with E-state index in [9.17, 15) is 0 Å². The number of nitrogens with zero attached hydrogens (tertiary/aromatic N) is 8. The van der Waals surface area contributed by atoms with Gasteiger partial charge in [0, 0.05) is 127 Å². The Morgan fingerprint density at radius 3 is 0.950 bits per heavy atom. The van der Waals surface area contributed by atoms with E-state index in [2.05, 4.69) is 286 Å². The fourth-order valence-corrected chi connectivity index (χ4v) is 19.0. The van der Waals surface area contributed by atoms with Gasteiger partial charge < -0.3 is 17.7 Å². The predicted octanol–water partition coefficient (Wildman–Crippen LogP) is 27.0. The van der Waals surface area contributed by atoms with E-state index in [1.807, 2.05) is 33.0 Å². The molecule has 0 amide bonds. The van der Waals surface area contributed by atoms with Crippen LogP contribution in [0.3, 0.4) is 0 Å². The van der Waals surface area contributed by atoms with Crippen LogP contribution in [0.4, 0.5) is 0 Å². The molecular weight excluding hydrogens is 1470 g/mol. The van der Waals surface area contributed by atoms with Crippen molar-refractivity contribution in [3.8, 4) is 45.0 Å². The summed E-state index contributed by atoms with van der Waals surface area (Å²) in [4.78, 5) is 19.2. The van der Waals surface area contributed by atoms with E-state index in [-0.39, 0.29) is 10.8 Å². The molecule has 0 radical (unpaired) electrons. The van der Waals surface area contributed by atoms with Crippen molar-refractivity contribution >= 4 is 88.3 Å². The molecule has 0 N–H and O–H groups in total. The van der Waals surface area contributed by atoms with E-state index < -0.39 is 29.5 Å². The number of pyridine rings is 8. The van der Waals surface area contributed by atoms with Gasteiger partial charge in [-0.3, -0.25) is 0 Å². The maximum Gasteiger partial charge on any atom is 0.227 e. The lowest BCUT2D eigenvalue weighted by molar-refractivity contribution is -0.660. The minimum absolute atomic E-state index is 0.0313. The topological polar surface area (TPSA) is 120 Å². The molecule has 4 aliphatic rings. The van der Waals surface area contributed by atoms with Crippen molar-refractivity contribution in [3.05, 3.63) is 238 Å². The number of furan rings is 4. The average Bonchev–Trinajstić information content (AvgIpc) is 1.63. The summed E-state index contributed by atoms with van der Waals surface area (Å²) in [7, 11) is 8.26. The van der Waals surface area contributed by atoms with Gasteiger partial charge in [0.05, 0.1) is 22.3 Å². The lowest BCUT2D eigenvalue weighted by Crippen LogP contribution is -2.31. The minimum Gasteiger partial charge on any atom is -0.437 e. The number of rotatable bonds is 12. The molecule has 4 fully saturated rings. The maximum atomic E-state index is 9.01. The van der Waals surface area contributed by atoms with E-state index in [1.54, 1.807) is 0 Å². The third kappa shape index (κ3) is 16.3. The molecular formula is C108H124N8O4+4. The van der Waals surface area contributed by atoms with Crippen molar-refractivity contribution in [2.45, 2.75) is 247 Å². The number of hydrogen-bond donors (Lipinski definition) is 0. The van der Waals surface area contributed by atoms with Gasteiger partial charge in [-0.05, 0) is 226 Å². The van der Waals surface area contributed by atoms with Crippen LogP contribution in [0, 0.1) is 39.0 Å². The Morgan fingerprint density at radius 2 is 0.642 bits per heavy atom. The summed E-state index contributed by atoms with van der Waals surface area (Å²) in [6, 6.07) is 51.2. The first-order chi connectivity index (χ1) is 59.3. The van der Waals surface area contributed by atoms with E-state index in [1.165, 1.54) is 16.7 Å². The van der Waals surface area contributed by atoms with Crippen molar-refractivity contribution in [3.63, 3.8) is 0 Å². The number of benzene rings is 4. The predicted molar refractivity (Wildman–Crippen MR) is 491 cm³/mol. The van der Waals surface area contributed by atoms with Crippen molar-refractivity contribution in [2.75, 3.05) is 0 Å². The van der Waals surface area contributed by atoms with Crippen molar-refractivity contribution in [1.82, 2.24) is 19.9 Å². The highest BCUT2D eigenvalue weighted by atomic mass is 16.4. The van der Waals surface area contributed by atoms with Gasteiger partial charge in [0.2, 0.25) is 45.6 Å². The van der Waals surface area contributed by atoms with E-state index in [4.69, 9.17) is 39.5 Å². The lowest BCUT2D eigenvalue weighted by Gasteiger charge is -2.16. The van der Waals surface area contributed by atoms with Crippen LogP contribution in [0.1, 0.15) is 276 Å². The minimum atomic E-state index is -0.781. The standard InChI is InChI=1S/C28H33N2O.2C27H31N2O.C26H29N2O/c1-18-10-12-22-23-13-11-21(17-28(2,3)4)29-27(23)31-26(22)25(18)24-16-20(14-15-30(24)5)19-8-6-7-9-19;1-17-10-11-20-21-12-13-23(27(2,3)4)28-26(21)30-25(20)24(17)22-16-19(14-15-29(22)5)18-8-6-7-9-18;1-17(2)15-21-10-12-23-22-11-9-18(3)25(26(22)30-27(23)28-21)24-16-20(13-14-29(24)4)19-7-5-6-8-19;1-16(2)22-12-11-21-20-10-9-17(3)24(25(20)29-26(21)27-22)23-15-19(13-14-28(23)4)18-7-5-6-8-18/h10-16,19H,6-9,17H2,1-5H3;10-16,18H,6-9H2,1-5H3;9-14,16-17,19H,5-8,15H2,1-4H3;9-16,18H,5-8H2,1-4H3/q4*+1/i19D;18D;19D;16D,18D. The van der Waals surface area contributed by atoms with Crippen LogP contribution in [0.2, 0.25) is 0 Å². The Kier molecular flexibility index (Phi) is 21.0. The van der Waals surface area contributed by atoms with E-state index in [0.717, 1.165) is 271 Å². The summed E-state index contributed by atoms with van der Waals surface area (Å²) < 4.78 is 78.5. The molecule has 12 nitrogen and oxygen atoms in total. The average molecular weight is 1600 g/mol. The highest BCUT2D eigenvalue weighted by Gasteiger charge is 2.32. The summed E-state index contributed by atoms with van der Waals surface area (Å²) in [5.41, 5.74) is 27.9. The van der Waals surface area contributed by atoms with Gasteiger partial charge in [-0.2, -0.15) is 0 Å². The van der Waals surface area contributed by atoms with E-state index in [0.29, 0.717) is 34.5 Å². The molecule has 616 valence electrons. The lowest BCUT2D eigenvalue weighted by atomic mass is 9.90. The zero-order valence-corrected chi connectivity index (χ0v) is 74.2. The third-order valence-corrected chi connectivity index (χ3v) is 25.7. The van der Waals surface area contributed by atoms with Crippen LogP contribution >= 0.6 is 0 Å². The zero-order valence-electron chi connectivity index (χ0n) is 79.2. The molecule has 4 aromatic carbocycles. The van der Waals surface area contributed by atoms with Crippen molar-refractivity contribution in [2.24, 2.45) is 39.5 Å². The zero-order chi connectivity index (χ0) is 88.4. The molecule has 0 unspecified atom stereocenters. The number of hydrogen-bond acceptors (Lipinski definition) is 8. The SMILES string of the molecule is [2H]C(C)(C)c1ccc2c(n1)oc1c(-c3cc(C4([2H])CCCC4)cc[n+]3C)c(C)ccc12.[2H]C1(c2cc[n+](C)c(-c3c(C)ccc4c3oc3nc(C(C)(C)C)ccc34)c2)CCCC1.[2H]C1(c2cc[n+](C)c(-c3c(C)ccc4c3oc3nc(CC(C)(C)C)ccc34)c2)CCCC1.[2H]C1(c2cc[n+](C)c(-c3c(C)ccc4c3oc3nc(CC(C)C)ccc34)c2)CCCC1. The quantitative estimate of drug-likeness (QED) is 0.111. The van der Waals surface area contributed by atoms with Crippen LogP contribution in [-0.4, -0.2) is 19.9 Å². The van der Waals surface area contributed by atoms with Gasteiger partial charge in [0.15, 0.2) is 47.1 Å². The molecule has 12 aromatic heterocycles. The van der Waals surface area contributed by atoms with Gasteiger partial charge in [-0.1, -0.05) is 169 Å². The Bertz CT molecular complexity index is 6660. The monoisotopic (exact) mass is 1600 g/mol. The number of aromatic nitrogens is 8. The van der Waals surface area contributed by atoms with Gasteiger partial charge in [-0.15, -0.1) is 0 Å². The Balaban J connectivity index is 0.000000118. The second-order valence-electron chi connectivity index (χ2n) is 37.8. The first-order valence-electron chi connectivity index (χ1n) is 46.7. The smallest absolute Gasteiger partial charge is 0.227 e. The first-order valence-corrected chi connectivity index (χ1v) is 44.2. The third-order valence-electron chi connectivity index (χ3n) is 25.7. The molecule has 4 saturated carbocycles. The fraction of sp³-hybridized carbons (Fsp3) is 0.407. The van der Waals surface area contributed by atoms with E-state index >= 15 is 0 Å².